The van der Waals surface area contributed by atoms with Gasteiger partial charge in [0, 0.05) is 25.4 Å². The summed E-state index contributed by atoms with van der Waals surface area (Å²) in [4.78, 5) is 13.9. The van der Waals surface area contributed by atoms with Gasteiger partial charge in [-0.05, 0) is 41.5 Å². The van der Waals surface area contributed by atoms with Crippen molar-refractivity contribution in [2.24, 2.45) is 0 Å². The van der Waals surface area contributed by atoms with E-state index in [4.69, 9.17) is 0 Å². The van der Waals surface area contributed by atoms with Gasteiger partial charge < -0.3 is 4.90 Å². The molecule has 1 heterocycles. The molecule has 1 aliphatic heterocycles. The van der Waals surface area contributed by atoms with E-state index in [9.17, 15) is 4.79 Å². The zero-order chi connectivity index (χ0) is 15.1. The average Bonchev–Trinajstić information content (AvgIpc) is 2.58. The summed E-state index contributed by atoms with van der Waals surface area (Å²) in [6.07, 6.45) is 3.87. The minimum atomic E-state index is 0.311. The number of piperidine rings is 1. The van der Waals surface area contributed by atoms with Crippen LogP contribution in [0.2, 0.25) is 0 Å². The number of nitrogens with zero attached hydrogens (tertiary/aromatic N) is 1. The molecule has 0 radical (unpaired) electrons. The molecule has 0 bridgehead atoms. The number of amides is 1. The molecule has 1 amide bonds. The van der Waals surface area contributed by atoms with Crippen LogP contribution in [0.3, 0.4) is 0 Å². The van der Waals surface area contributed by atoms with Crippen LogP contribution in [0.4, 0.5) is 0 Å². The van der Waals surface area contributed by atoms with E-state index in [1.807, 2.05) is 11.9 Å². The quantitative estimate of drug-likeness (QED) is 0.777. The molecule has 1 aliphatic carbocycles. The van der Waals surface area contributed by atoms with Gasteiger partial charge >= 0.3 is 0 Å². The SMILES string of the molecule is CN1C(=O)CCC2c3ccc(-c4ccccc4)cc3CCC21. The lowest BCUT2D eigenvalue weighted by atomic mass is 9.74. The van der Waals surface area contributed by atoms with Crippen LogP contribution in [0.5, 0.6) is 0 Å². The highest BCUT2D eigenvalue weighted by atomic mass is 16.2. The Bertz CT molecular complexity index is 707. The topological polar surface area (TPSA) is 20.3 Å². The Morgan fingerprint density at radius 3 is 2.59 bits per heavy atom. The van der Waals surface area contributed by atoms with Crippen LogP contribution in [0.25, 0.3) is 11.1 Å². The molecule has 2 nitrogen and oxygen atoms in total. The molecular weight excluding hydrogens is 270 g/mol. The minimum Gasteiger partial charge on any atom is -0.342 e. The molecule has 1 saturated heterocycles. The summed E-state index contributed by atoms with van der Waals surface area (Å²) in [7, 11) is 1.97. The molecule has 1 fully saturated rings. The van der Waals surface area contributed by atoms with E-state index < -0.39 is 0 Å². The summed E-state index contributed by atoms with van der Waals surface area (Å²) in [6.45, 7) is 0. The zero-order valence-corrected chi connectivity index (χ0v) is 13.0. The van der Waals surface area contributed by atoms with Crippen molar-refractivity contribution in [3.8, 4) is 11.1 Å². The molecule has 2 heteroatoms. The van der Waals surface area contributed by atoms with Crippen LogP contribution in [0.15, 0.2) is 48.5 Å². The number of fused-ring (bicyclic) bond motifs is 3. The third-order valence-corrected chi connectivity index (χ3v) is 5.38. The van der Waals surface area contributed by atoms with Gasteiger partial charge in [-0.3, -0.25) is 4.79 Å². The fourth-order valence-electron chi connectivity index (χ4n) is 4.16. The van der Waals surface area contributed by atoms with Crippen molar-refractivity contribution >= 4 is 5.91 Å². The summed E-state index contributed by atoms with van der Waals surface area (Å²) in [5.74, 6) is 0.835. The molecule has 2 atom stereocenters. The maximum absolute atomic E-state index is 11.9. The number of hydrogen-bond donors (Lipinski definition) is 0. The molecule has 2 unspecified atom stereocenters. The first-order valence-electron chi connectivity index (χ1n) is 8.18. The average molecular weight is 291 g/mol. The smallest absolute Gasteiger partial charge is 0.222 e. The standard InChI is InChI=1S/C20H21NO/c1-21-19-11-8-16-13-15(14-5-3-2-4-6-14)7-9-17(16)18(19)10-12-20(21)22/h2-7,9,13,18-19H,8,10-12H2,1H3. The Labute approximate surface area is 131 Å². The molecule has 22 heavy (non-hydrogen) atoms. The lowest BCUT2D eigenvalue weighted by molar-refractivity contribution is -0.135. The van der Waals surface area contributed by atoms with Gasteiger partial charge in [-0.15, -0.1) is 0 Å². The summed E-state index contributed by atoms with van der Waals surface area (Å²) in [6, 6.07) is 17.9. The number of likely N-dealkylation sites (N-methyl/N-ethyl adjacent to an activating group) is 1. The Kier molecular flexibility index (Phi) is 3.25. The molecule has 2 aliphatic rings. The lowest BCUT2D eigenvalue weighted by Crippen LogP contribution is -2.47. The molecule has 0 saturated carbocycles. The highest BCUT2D eigenvalue weighted by molar-refractivity contribution is 5.77. The third kappa shape index (κ3) is 2.14. The van der Waals surface area contributed by atoms with Crippen LogP contribution in [-0.2, 0) is 11.2 Å². The Morgan fingerprint density at radius 2 is 1.77 bits per heavy atom. The minimum absolute atomic E-state index is 0.311. The lowest BCUT2D eigenvalue weighted by Gasteiger charge is -2.43. The van der Waals surface area contributed by atoms with Crippen LogP contribution < -0.4 is 0 Å². The number of hydrogen-bond acceptors (Lipinski definition) is 1. The van der Waals surface area contributed by atoms with Crippen molar-refractivity contribution in [3.63, 3.8) is 0 Å². The summed E-state index contributed by atoms with van der Waals surface area (Å²) in [5, 5.41) is 0. The highest BCUT2D eigenvalue weighted by Gasteiger charge is 2.37. The van der Waals surface area contributed by atoms with Crippen molar-refractivity contribution in [2.75, 3.05) is 7.05 Å². The zero-order valence-electron chi connectivity index (χ0n) is 13.0. The predicted octanol–water partition coefficient (Wildman–Crippen LogP) is 4.00. The van der Waals surface area contributed by atoms with Gasteiger partial charge in [0.25, 0.3) is 0 Å². The number of rotatable bonds is 1. The number of aryl methyl sites for hydroxylation is 1. The van der Waals surface area contributed by atoms with Gasteiger partial charge in [0.2, 0.25) is 5.91 Å². The molecule has 2 aromatic rings. The Balaban J connectivity index is 1.70. The second-order valence-electron chi connectivity index (χ2n) is 6.54. The van der Waals surface area contributed by atoms with Gasteiger partial charge in [-0.1, -0.05) is 48.5 Å². The van der Waals surface area contributed by atoms with Crippen molar-refractivity contribution in [1.82, 2.24) is 4.90 Å². The molecule has 0 spiro atoms. The fourth-order valence-corrected chi connectivity index (χ4v) is 4.16. The first-order chi connectivity index (χ1) is 10.7. The number of carbonyl (C=O) groups excluding carboxylic acids is 1. The van der Waals surface area contributed by atoms with E-state index in [0.29, 0.717) is 24.3 Å². The van der Waals surface area contributed by atoms with Crippen molar-refractivity contribution in [2.45, 2.75) is 37.6 Å². The van der Waals surface area contributed by atoms with Crippen molar-refractivity contribution in [1.29, 1.82) is 0 Å². The van der Waals surface area contributed by atoms with Gasteiger partial charge in [0.1, 0.15) is 0 Å². The summed E-state index contributed by atoms with van der Waals surface area (Å²) in [5.41, 5.74) is 5.53. The Morgan fingerprint density at radius 1 is 0.955 bits per heavy atom. The van der Waals surface area contributed by atoms with E-state index in [2.05, 4.69) is 48.5 Å². The van der Waals surface area contributed by atoms with E-state index in [0.717, 1.165) is 19.3 Å². The first-order valence-corrected chi connectivity index (χ1v) is 8.18. The van der Waals surface area contributed by atoms with Gasteiger partial charge in [-0.2, -0.15) is 0 Å². The van der Waals surface area contributed by atoms with E-state index in [1.54, 1.807) is 0 Å². The maximum Gasteiger partial charge on any atom is 0.222 e. The molecular formula is C20H21NO. The monoisotopic (exact) mass is 291 g/mol. The fraction of sp³-hybridized carbons (Fsp3) is 0.350. The van der Waals surface area contributed by atoms with Crippen LogP contribution in [0, 0.1) is 0 Å². The van der Waals surface area contributed by atoms with Crippen molar-refractivity contribution in [3.05, 3.63) is 59.7 Å². The van der Waals surface area contributed by atoms with E-state index >= 15 is 0 Å². The predicted molar refractivity (Wildman–Crippen MR) is 88.7 cm³/mol. The Hall–Kier alpha value is -2.09. The number of benzene rings is 2. The molecule has 0 aromatic heterocycles. The summed E-state index contributed by atoms with van der Waals surface area (Å²) < 4.78 is 0. The maximum atomic E-state index is 11.9. The van der Waals surface area contributed by atoms with E-state index in [-0.39, 0.29) is 0 Å². The van der Waals surface area contributed by atoms with E-state index in [1.165, 1.54) is 22.3 Å². The first kappa shape index (κ1) is 13.6. The third-order valence-electron chi connectivity index (χ3n) is 5.38. The normalized spacial score (nSPS) is 23.9. The van der Waals surface area contributed by atoms with Crippen LogP contribution in [0.1, 0.15) is 36.3 Å². The molecule has 0 N–H and O–H groups in total. The summed E-state index contributed by atoms with van der Waals surface area (Å²) >= 11 is 0. The van der Waals surface area contributed by atoms with Gasteiger partial charge in [0.15, 0.2) is 0 Å². The number of carbonyl (C=O) groups is 1. The van der Waals surface area contributed by atoms with Gasteiger partial charge in [-0.25, -0.2) is 0 Å². The molecule has 112 valence electrons. The largest absolute Gasteiger partial charge is 0.342 e. The van der Waals surface area contributed by atoms with Gasteiger partial charge in [0.05, 0.1) is 0 Å². The highest BCUT2D eigenvalue weighted by Crippen LogP contribution is 2.41. The van der Waals surface area contributed by atoms with Crippen molar-refractivity contribution < 1.29 is 4.79 Å². The van der Waals surface area contributed by atoms with Crippen LogP contribution >= 0.6 is 0 Å². The number of likely N-dealkylation sites (tertiary alicyclic amines) is 1. The van der Waals surface area contributed by atoms with Crippen LogP contribution in [-0.4, -0.2) is 23.9 Å². The molecule has 4 rings (SSSR count). The second kappa shape index (κ2) is 5.28. The molecule has 2 aromatic carbocycles. The second-order valence-corrected chi connectivity index (χ2v) is 6.54.